The van der Waals surface area contributed by atoms with Crippen LogP contribution < -0.4 is 5.46 Å². The van der Waals surface area contributed by atoms with E-state index in [1.165, 1.54) is 44.5 Å². The zero-order chi connectivity index (χ0) is 28.7. The topological polar surface area (TPSA) is 18.5 Å². The van der Waals surface area contributed by atoms with Gasteiger partial charge in [-0.25, -0.2) is 0 Å². The quantitative estimate of drug-likeness (QED) is 0.205. The second-order valence-corrected chi connectivity index (χ2v) is 14.3. The van der Waals surface area contributed by atoms with E-state index < -0.39 is 0 Å². The molecule has 1 aliphatic heterocycles. The van der Waals surface area contributed by atoms with Crippen molar-refractivity contribution in [3.63, 3.8) is 0 Å². The fraction of sp³-hybridized carbons (Fsp3) is 0.333. The van der Waals surface area contributed by atoms with Crippen LogP contribution in [0.2, 0.25) is 0 Å². The monoisotopic (exact) mass is 592 g/mol. The highest BCUT2D eigenvalue weighted by Crippen LogP contribution is 2.50. The SMILES string of the molecule is CC1(C)c2ccccc2-c2ccc(B3OC(C)(C)C(C)(C)O3)cc21.CC1(C)c2ccccc2-c2ccc(Br)cc21. The first-order valence-electron chi connectivity index (χ1n) is 14.2. The molecule has 0 unspecified atom stereocenters. The van der Waals surface area contributed by atoms with Crippen LogP contribution in [0.4, 0.5) is 0 Å². The van der Waals surface area contributed by atoms with Crippen LogP contribution in [0.1, 0.15) is 77.6 Å². The molecule has 0 saturated carbocycles. The van der Waals surface area contributed by atoms with E-state index in [-0.39, 0.29) is 29.2 Å². The first-order valence-corrected chi connectivity index (χ1v) is 15.0. The molecule has 2 nitrogen and oxygen atoms in total. The highest BCUT2D eigenvalue weighted by molar-refractivity contribution is 9.10. The van der Waals surface area contributed by atoms with Gasteiger partial charge in [0.1, 0.15) is 0 Å². The molecule has 1 saturated heterocycles. The van der Waals surface area contributed by atoms with Crippen molar-refractivity contribution in [3.05, 3.63) is 112 Å². The predicted molar refractivity (Wildman–Crippen MR) is 171 cm³/mol. The number of benzene rings is 4. The third-order valence-electron chi connectivity index (χ3n) is 9.68. The molecule has 1 heterocycles. The largest absolute Gasteiger partial charge is 0.494 e. The maximum Gasteiger partial charge on any atom is 0.494 e. The van der Waals surface area contributed by atoms with Crippen molar-refractivity contribution in [2.24, 2.45) is 0 Å². The standard InChI is InChI=1S/C21H25BO2.C15H13Br/c1-19(2)17-10-8-7-9-15(17)16-12-11-14(13-18(16)19)22-23-20(3,4)21(5,6)24-22;1-15(2)13-6-4-3-5-11(13)12-8-7-10(16)9-14(12)15/h7-13H,1-6H3;3-9H,1-2H3. The van der Waals surface area contributed by atoms with E-state index in [1.807, 2.05) is 0 Å². The summed E-state index contributed by atoms with van der Waals surface area (Å²) in [4.78, 5) is 0. The Kier molecular flexibility index (Phi) is 6.31. The molecule has 7 rings (SSSR count). The van der Waals surface area contributed by atoms with Crippen molar-refractivity contribution in [1.29, 1.82) is 0 Å². The maximum atomic E-state index is 6.23. The molecular weight excluding hydrogens is 555 g/mol. The van der Waals surface area contributed by atoms with Crippen molar-refractivity contribution in [2.45, 2.75) is 77.4 Å². The second-order valence-electron chi connectivity index (χ2n) is 13.4. The lowest BCUT2D eigenvalue weighted by Crippen LogP contribution is -2.41. The minimum absolute atomic E-state index is 0.00553. The van der Waals surface area contributed by atoms with Crippen molar-refractivity contribution >= 4 is 28.5 Å². The fourth-order valence-electron chi connectivity index (χ4n) is 6.52. The Morgan fingerprint density at radius 3 is 1.45 bits per heavy atom. The number of halogens is 1. The highest BCUT2D eigenvalue weighted by atomic mass is 79.9. The fourth-order valence-corrected chi connectivity index (χ4v) is 6.89. The van der Waals surface area contributed by atoms with Gasteiger partial charge in [0.05, 0.1) is 11.2 Å². The molecule has 4 heteroatoms. The van der Waals surface area contributed by atoms with Gasteiger partial charge in [0.2, 0.25) is 0 Å². The molecule has 4 aromatic carbocycles. The summed E-state index contributed by atoms with van der Waals surface area (Å²) in [7, 11) is -0.306. The van der Waals surface area contributed by atoms with Gasteiger partial charge in [-0.05, 0) is 89.8 Å². The van der Waals surface area contributed by atoms with Gasteiger partial charge in [0.15, 0.2) is 0 Å². The number of hydrogen-bond donors (Lipinski definition) is 0. The molecular formula is C36H38BBrO2. The molecule has 3 aliphatic rings. The summed E-state index contributed by atoms with van der Waals surface area (Å²) in [5, 5.41) is 0. The Hall–Kier alpha value is -2.66. The smallest absolute Gasteiger partial charge is 0.399 e. The molecule has 0 N–H and O–H groups in total. The van der Waals surface area contributed by atoms with E-state index >= 15 is 0 Å². The molecule has 0 amide bonds. The Labute approximate surface area is 248 Å². The van der Waals surface area contributed by atoms with E-state index in [0.29, 0.717) is 0 Å². The Morgan fingerprint density at radius 2 is 0.925 bits per heavy atom. The second kappa shape index (κ2) is 9.18. The van der Waals surface area contributed by atoms with E-state index in [0.717, 1.165) is 9.94 Å². The van der Waals surface area contributed by atoms with Crippen molar-refractivity contribution < 1.29 is 9.31 Å². The Morgan fingerprint density at radius 1 is 0.500 bits per heavy atom. The molecule has 0 bridgehead atoms. The number of rotatable bonds is 1. The first-order chi connectivity index (χ1) is 18.7. The number of hydrogen-bond acceptors (Lipinski definition) is 2. The summed E-state index contributed by atoms with van der Waals surface area (Å²) < 4.78 is 13.6. The molecule has 204 valence electrons. The van der Waals surface area contributed by atoms with Gasteiger partial charge in [0.25, 0.3) is 0 Å². The normalized spacial score (nSPS) is 19.7. The lowest BCUT2D eigenvalue weighted by Gasteiger charge is -2.32. The van der Waals surface area contributed by atoms with Gasteiger partial charge in [-0.3, -0.25) is 0 Å². The van der Waals surface area contributed by atoms with Crippen LogP contribution >= 0.6 is 15.9 Å². The van der Waals surface area contributed by atoms with Gasteiger partial charge in [0, 0.05) is 15.3 Å². The van der Waals surface area contributed by atoms with Gasteiger partial charge < -0.3 is 9.31 Å². The van der Waals surface area contributed by atoms with Gasteiger partial charge in [-0.15, -0.1) is 0 Å². The molecule has 0 radical (unpaired) electrons. The van der Waals surface area contributed by atoms with Gasteiger partial charge in [-0.2, -0.15) is 0 Å². The molecule has 0 aromatic heterocycles. The van der Waals surface area contributed by atoms with Crippen LogP contribution in [0.3, 0.4) is 0 Å². The van der Waals surface area contributed by atoms with Gasteiger partial charge in [-0.1, -0.05) is 116 Å². The Bertz CT molecular complexity index is 1620. The molecule has 4 aromatic rings. The van der Waals surface area contributed by atoms with Gasteiger partial charge >= 0.3 is 7.12 Å². The number of fused-ring (bicyclic) bond motifs is 6. The highest BCUT2D eigenvalue weighted by Gasteiger charge is 2.52. The van der Waals surface area contributed by atoms with Crippen molar-refractivity contribution in [1.82, 2.24) is 0 Å². The summed E-state index contributed by atoms with van der Waals surface area (Å²) in [5.74, 6) is 0. The minimum atomic E-state index is -0.310. The van der Waals surface area contributed by atoms with Crippen LogP contribution in [0, 0.1) is 0 Å². The van der Waals surface area contributed by atoms with E-state index in [4.69, 9.17) is 9.31 Å². The molecule has 2 aliphatic carbocycles. The molecule has 40 heavy (non-hydrogen) atoms. The first kappa shape index (κ1) is 27.5. The summed E-state index contributed by atoms with van der Waals surface area (Å²) in [6, 6.07) is 30.6. The van der Waals surface area contributed by atoms with Crippen LogP contribution in [0.15, 0.2) is 89.4 Å². The summed E-state index contributed by atoms with van der Waals surface area (Å²) in [5.41, 5.74) is 11.7. The zero-order valence-electron chi connectivity index (χ0n) is 24.9. The third kappa shape index (κ3) is 4.14. The Balaban J connectivity index is 0.000000157. The van der Waals surface area contributed by atoms with E-state index in [2.05, 4.69) is 156 Å². The zero-order valence-corrected chi connectivity index (χ0v) is 26.4. The third-order valence-corrected chi connectivity index (χ3v) is 10.2. The lowest BCUT2D eigenvalue weighted by atomic mass is 9.74. The van der Waals surface area contributed by atoms with Crippen LogP contribution in [-0.2, 0) is 20.1 Å². The van der Waals surface area contributed by atoms with Crippen LogP contribution in [0.25, 0.3) is 22.3 Å². The van der Waals surface area contributed by atoms with E-state index in [9.17, 15) is 0 Å². The molecule has 0 spiro atoms. The predicted octanol–water partition coefficient (Wildman–Crippen LogP) is 9.05. The van der Waals surface area contributed by atoms with Crippen LogP contribution in [0.5, 0.6) is 0 Å². The van der Waals surface area contributed by atoms with Crippen LogP contribution in [-0.4, -0.2) is 18.3 Å². The summed E-state index contributed by atoms with van der Waals surface area (Å²) >= 11 is 3.56. The average molecular weight is 593 g/mol. The molecule has 0 atom stereocenters. The van der Waals surface area contributed by atoms with E-state index in [1.54, 1.807) is 0 Å². The van der Waals surface area contributed by atoms with Crippen molar-refractivity contribution in [3.8, 4) is 22.3 Å². The molecule has 1 fully saturated rings. The van der Waals surface area contributed by atoms with Crippen molar-refractivity contribution in [2.75, 3.05) is 0 Å². The summed E-state index contributed by atoms with van der Waals surface area (Å²) in [6.45, 7) is 17.6. The average Bonchev–Trinajstić information content (AvgIpc) is 3.38. The minimum Gasteiger partial charge on any atom is -0.399 e. The summed E-state index contributed by atoms with van der Waals surface area (Å²) in [6.07, 6.45) is 0. The lowest BCUT2D eigenvalue weighted by molar-refractivity contribution is 0.00578. The maximum absolute atomic E-state index is 6.23.